The number of nitriles is 1. The van der Waals surface area contributed by atoms with Crippen molar-refractivity contribution >= 4 is 33.8 Å². The SMILES string of the molecule is CO[C@H]1CC[C@H](NC/C=C/C(=O)Nc2ccc(C(=O)c3ccc4c(-c5cc6cn(C)nc6cc5C)cccn34)cc2C#N)CC1. The summed E-state index contributed by atoms with van der Waals surface area (Å²) in [6.07, 6.45) is 11.6. The lowest BCUT2D eigenvalue weighted by molar-refractivity contribution is -0.111. The Labute approximate surface area is 262 Å². The van der Waals surface area contributed by atoms with E-state index in [4.69, 9.17) is 4.74 Å². The van der Waals surface area contributed by atoms with Gasteiger partial charge in [0.1, 0.15) is 6.07 Å². The second-order valence-corrected chi connectivity index (χ2v) is 11.6. The number of ketones is 1. The molecule has 2 N–H and O–H groups in total. The number of hydrogen-bond donors (Lipinski definition) is 2. The topological polar surface area (TPSA) is 113 Å². The number of fused-ring (bicyclic) bond motifs is 2. The molecule has 1 aliphatic carbocycles. The van der Waals surface area contributed by atoms with Crippen molar-refractivity contribution < 1.29 is 14.3 Å². The van der Waals surface area contributed by atoms with E-state index in [2.05, 4.69) is 46.9 Å². The highest BCUT2D eigenvalue weighted by Gasteiger charge is 2.20. The molecule has 1 fully saturated rings. The zero-order valence-corrected chi connectivity index (χ0v) is 25.7. The zero-order valence-electron chi connectivity index (χ0n) is 25.7. The Kier molecular flexibility index (Phi) is 8.60. The van der Waals surface area contributed by atoms with Gasteiger partial charge < -0.3 is 19.8 Å². The molecular weight excluding hydrogens is 564 g/mol. The highest BCUT2D eigenvalue weighted by atomic mass is 16.5. The molecule has 3 aromatic heterocycles. The lowest BCUT2D eigenvalue weighted by Crippen LogP contribution is -2.35. The van der Waals surface area contributed by atoms with Gasteiger partial charge in [0, 0.05) is 61.7 Å². The van der Waals surface area contributed by atoms with E-state index < -0.39 is 0 Å². The molecule has 45 heavy (non-hydrogen) atoms. The van der Waals surface area contributed by atoms with Crippen LogP contribution in [-0.2, 0) is 16.6 Å². The first kappa shape index (κ1) is 30.0. The van der Waals surface area contributed by atoms with Crippen molar-refractivity contribution in [2.24, 2.45) is 7.05 Å². The monoisotopic (exact) mass is 600 g/mol. The number of aromatic nitrogens is 3. The number of anilines is 1. The van der Waals surface area contributed by atoms with E-state index in [0.717, 1.165) is 58.8 Å². The smallest absolute Gasteiger partial charge is 0.248 e. The Morgan fingerprint density at radius 3 is 2.69 bits per heavy atom. The van der Waals surface area contributed by atoms with E-state index in [1.54, 1.807) is 30.0 Å². The van der Waals surface area contributed by atoms with Crippen LogP contribution in [0.4, 0.5) is 5.69 Å². The van der Waals surface area contributed by atoms with Gasteiger partial charge in [-0.05, 0) is 92.3 Å². The van der Waals surface area contributed by atoms with E-state index in [0.29, 0.717) is 35.6 Å². The highest BCUT2D eigenvalue weighted by Crippen LogP contribution is 2.32. The first-order valence-electron chi connectivity index (χ1n) is 15.2. The van der Waals surface area contributed by atoms with E-state index in [-0.39, 0.29) is 17.3 Å². The number of carbonyl (C=O) groups is 2. The van der Waals surface area contributed by atoms with Crippen LogP contribution in [0, 0.1) is 18.3 Å². The normalized spacial score (nSPS) is 16.8. The first-order chi connectivity index (χ1) is 21.8. The average Bonchev–Trinajstić information content (AvgIpc) is 3.65. The third kappa shape index (κ3) is 6.29. The number of pyridine rings is 1. The fourth-order valence-electron chi connectivity index (χ4n) is 6.25. The third-order valence-corrected chi connectivity index (χ3v) is 8.64. The van der Waals surface area contributed by atoms with Crippen LogP contribution in [0.2, 0.25) is 0 Å². The van der Waals surface area contributed by atoms with Crippen molar-refractivity contribution in [1.29, 1.82) is 5.26 Å². The van der Waals surface area contributed by atoms with Crippen LogP contribution in [0.5, 0.6) is 0 Å². The van der Waals surface area contributed by atoms with Crippen molar-refractivity contribution in [2.75, 3.05) is 19.0 Å². The van der Waals surface area contributed by atoms with E-state index in [9.17, 15) is 14.9 Å². The van der Waals surface area contributed by atoms with Crippen molar-refractivity contribution in [1.82, 2.24) is 19.5 Å². The molecule has 0 aliphatic heterocycles. The maximum Gasteiger partial charge on any atom is 0.248 e. The molecule has 5 aromatic rings. The summed E-state index contributed by atoms with van der Waals surface area (Å²) < 4.78 is 9.11. The molecule has 0 atom stereocenters. The number of ether oxygens (including phenoxy) is 1. The van der Waals surface area contributed by atoms with Crippen LogP contribution in [0.3, 0.4) is 0 Å². The minimum absolute atomic E-state index is 0.216. The van der Waals surface area contributed by atoms with Crippen LogP contribution in [0.1, 0.15) is 52.9 Å². The molecule has 3 heterocycles. The first-order valence-corrected chi connectivity index (χ1v) is 15.2. The van der Waals surface area contributed by atoms with Crippen LogP contribution >= 0.6 is 0 Å². The molecule has 0 bridgehead atoms. The molecular formula is C36H36N6O3. The maximum absolute atomic E-state index is 13.7. The van der Waals surface area contributed by atoms with Gasteiger partial charge in [-0.3, -0.25) is 14.3 Å². The molecule has 2 aromatic carbocycles. The number of carbonyl (C=O) groups excluding carboxylic acids is 2. The lowest BCUT2D eigenvalue weighted by Gasteiger charge is -2.27. The Balaban J connectivity index is 1.16. The summed E-state index contributed by atoms with van der Waals surface area (Å²) in [6, 6.07) is 19.3. The quantitative estimate of drug-likeness (QED) is 0.160. The summed E-state index contributed by atoms with van der Waals surface area (Å²) >= 11 is 0. The highest BCUT2D eigenvalue weighted by molar-refractivity contribution is 6.10. The number of methoxy groups -OCH3 is 1. The second kappa shape index (κ2) is 12.9. The Morgan fingerprint density at radius 1 is 1.09 bits per heavy atom. The molecule has 6 rings (SSSR count). The minimum Gasteiger partial charge on any atom is -0.381 e. The molecule has 0 saturated heterocycles. The predicted molar refractivity (Wildman–Crippen MR) is 175 cm³/mol. The molecule has 0 spiro atoms. The van der Waals surface area contributed by atoms with Crippen molar-refractivity contribution in [3.05, 3.63) is 102 Å². The third-order valence-electron chi connectivity index (χ3n) is 8.64. The molecule has 1 saturated carbocycles. The number of aryl methyl sites for hydroxylation is 2. The van der Waals surface area contributed by atoms with Crippen molar-refractivity contribution in [2.45, 2.75) is 44.8 Å². The molecule has 1 aliphatic rings. The number of rotatable bonds is 9. The summed E-state index contributed by atoms with van der Waals surface area (Å²) in [7, 11) is 3.67. The molecule has 0 radical (unpaired) electrons. The van der Waals surface area contributed by atoms with Crippen molar-refractivity contribution in [3.63, 3.8) is 0 Å². The summed E-state index contributed by atoms with van der Waals surface area (Å²) in [6.45, 7) is 2.65. The van der Waals surface area contributed by atoms with Gasteiger partial charge in [-0.15, -0.1) is 0 Å². The Hall–Kier alpha value is -5.04. The molecule has 0 unspecified atom stereocenters. The van der Waals surface area contributed by atoms with Crippen LogP contribution in [0.15, 0.2) is 79.1 Å². The number of amides is 1. The number of nitrogens with zero attached hydrogens (tertiary/aromatic N) is 4. The van der Waals surface area contributed by atoms with Gasteiger partial charge in [0.05, 0.1) is 34.1 Å². The Bertz CT molecular complexity index is 1970. The maximum atomic E-state index is 13.7. The van der Waals surface area contributed by atoms with Crippen molar-refractivity contribution in [3.8, 4) is 17.2 Å². The number of hydrogen-bond acceptors (Lipinski definition) is 6. The predicted octanol–water partition coefficient (Wildman–Crippen LogP) is 5.95. The van der Waals surface area contributed by atoms with E-state index >= 15 is 0 Å². The molecule has 228 valence electrons. The van der Waals surface area contributed by atoms with Gasteiger partial charge in [-0.25, -0.2) is 0 Å². The summed E-state index contributed by atoms with van der Waals surface area (Å²) in [4.78, 5) is 26.3. The largest absolute Gasteiger partial charge is 0.381 e. The summed E-state index contributed by atoms with van der Waals surface area (Å²) in [5.41, 5.74) is 6.45. The van der Waals surface area contributed by atoms with Crippen LogP contribution < -0.4 is 10.6 Å². The van der Waals surface area contributed by atoms with Gasteiger partial charge in [-0.2, -0.15) is 10.4 Å². The van der Waals surface area contributed by atoms with Gasteiger partial charge in [0.25, 0.3) is 0 Å². The number of benzene rings is 2. The van der Waals surface area contributed by atoms with E-state index in [1.807, 2.05) is 42.0 Å². The summed E-state index contributed by atoms with van der Waals surface area (Å²) in [5, 5.41) is 21.6. The molecule has 1 amide bonds. The van der Waals surface area contributed by atoms with E-state index in [1.165, 1.54) is 12.1 Å². The second-order valence-electron chi connectivity index (χ2n) is 11.6. The van der Waals surface area contributed by atoms with Crippen LogP contribution in [0.25, 0.3) is 27.5 Å². The summed E-state index contributed by atoms with van der Waals surface area (Å²) in [5.74, 6) is -0.549. The average molecular weight is 601 g/mol. The Morgan fingerprint density at radius 2 is 1.91 bits per heavy atom. The fourth-order valence-corrected chi connectivity index (χ4v) is 6.25. The molecule has 9 nitrogen and oxygen atoms in total. The minimum atomic E-state index is -0.333. The fraction of sp³-hybridized carbons (Fsp3) is 0.278. The zero-order chi connectivity index (χ0) is 31.5. The van der Waals surface area contributed by atoms with Crippen LogP contribution in [-0.4, -0.2) is 51.7 Å². The van der Waals surface area contributed by atoms with Gasteiger partial charge in [0.2, 0.25) is 11.7 Å². The number of nitrogens with one attached hydrogen (secondary N) is 2. The van der Waals surface area contributed by atoms with Gasteiger partial charge in [0.15, 0.2) is 0 Å². The standard InChI is InChI=1S/C36H36N6O3/c1-23-18-32-26(22-41(2)40-32)20-30(23)29-6-5-17-42-33(29)14-15-34(42)36(44)24-8-13-31(25(19-24)21-37)39-35(43)7-4-16-38-27-9-11-28(45-3)12-10-27/h4-8,13-15,17-20,22,27-28,38H,9-12,16H2,1-3H3,(H,39,43)/b7-4+/t27-,28-. The van der Waals surface area contributed by atoms with Gasteiger partial charge >= 0.3 is 0 Å². The van der Waals surface area contributed by atoms with Gasteiger partial charge in [-0.1, -0.05) is 12.1 Å². The lowest BCUT2D eigenvalue weighted by atomic mass is 9.93. The molecule has 9 heteroatoms.